The van der Waals surface area contributed by atoms with Gasteiger partial charge in [-0.3, -0.25) is 4.99 Å². The Balaban J connectivity index is 4.52. The van der Waals surface area contributed by atoms with Gasteiger partial charge in [-0.15, -0.1) is 0 Å². The lowest BCUT2D eigenvalue weighted by Gasteiger charge is -2.03. The fourth-order valence-electron chi connectivity index (χ4n) is 1.16. The van der Waals surface area contributed by atoms with Crippen LogP contribution in [0.15, 0.2) is 28.8 Å². The number of hydrogen-bond donors (Lipinski definition) is 0. The Hall–Kier alpha value is -0.850. The highest BCUT2D eigenvalue weighted by Gasteiger charge is 1.97. The molecule has 0 aliphatic carbocycles. The number of rotatable bonds is 4. The molecule has 0 aliphatic heterocycles. The molecular formula is C11H19N. The van der Waals surface area contributed by atoms with Crippen molar-refractivity contribution >= 4 is 5.71 Å². The Labute approximate surface area is 75.9 Å². The van der Waals surface area contributed by atoms with E-state index in [4.69, 9.17) is 0 Å². The maximum atomic E-state index is 4.40. The van der Waals surface area contributed by atoms with E-state index < -0.39 is 0 Å². The van der Waals surface area contributed by atoms with Crippen LogP contribution in [-0.2, 0) is 0 Å². The van der Waals surface area contributed by atoms with Gasteiger partial charge in [0.2, 0.25) is 0 Å². The van der Waals surface area contributed by atoms with Gasteiger partial charge < -0.3 is 0 Å². The maximum absolute atomic E-state index is 4.40. The zero-order valence-electron chi connectivity index (χ0n) is 8.65. The molecule has 0 aromatic carbocycles. The Bertz CT molecular complexity index is 209. The SMILES string of the molecule is C=C(C)/C=C(/C)C(CC)=NCC. The monoisotopic (exact) mass is 165 g/mol. The minimum absolute atomic E-state index is 0.866. The van der Waals surface area contributed by atoms with Gasteiger partial charge in [0.25, 0.3) is 0 Å². The molecule has 1 heteroatoms. The van der Waals surface area contributed by atoms with Crippen LogP contribution in [0, 0.1) is 0 Å². The summed E-state index contributed by atoms with van der Waals surface area (Å²) < 4.78 is 0. The Morgan fingerprint density at radius 2 is 1.92 bits per heavy atom. The summed E-state index contributed by atoms with van der Waals surface area (Å²) >= 11 is 0. The van der Waals surface area contributed by atoms with Crippen molar-refractivity contribution in [3.8, 4) is 0 Å². The van der Waals surface area contributed by atoms with Gasteiger partial charge in [0.15, 0.2) is 0 Å². The highest BCUT2D eigenvalue weighted by molar-refractivity contribution is 5.99. The average molecular weight is 165 g/mol. The molecule has 0 amide bonds. The van der Waals surface area contributed by atoms with Crippen LogP contribution in [0.1, 0.15) is 34.1 Å². The Morgan fingerprint density at radius 3 is 2.25 bits per heavy atom. The normalized spacial score (nSPS) is 13.3. The van der Waals surface area contributed by atoms with Crippen LogP contribution >= 0.6 is 0 Å². The lowest BCUT2D eigenvalue weighted by Crippen LogP contribution is -1.99. The number of hydrogen-bond acceptors (Lipinski definition) is 1. The van der Waals surface area contributed by atoms with E-state index in [0.717, 1.165) is 18.5 Å². The smallest absolute Gasteiger partial charge is 0.0374 e. The molecule has 0 spiro atoms. The summed E-state index contributed by atoms with van der Waals surface area (Å²) in [6, 6.07) is 0. The first-order valence-corrected chi connectivity index (χ1v) is 4.49. The zero-order valence-corrected chi connectivity index (χ0v) is 8.65. The predicted molar refractivity (Wildman–Crippen MR) is 56.8 cm³/mol. The predicted octanol–water partition coefficient (Wildman–Crippen LogP) is 3.38. The Kier molecular flexibility index (Phi) is 5.35. The summed E-state index contributed by atoms with van der Waals surface area (Å²) in [4.78, 5) is 4.40. The quantitative estimate of drug-likeness (QED) is 0.447. The van der Waals surface area contributed by atoms with Gasteiger partial charge >= 0.3 is 0 Å². The maximum Gasteiger partial charge on any atom is 0.0374 e. The third kappa shape index (κ3) is 4.12. The standard InChI is InChI=1S/C11H19N/c1-6-11(12-7-2)10(5)8-9(3)4/h8H,3,6-7H2,1-2,4-5H3/b10-8-,12-11?. The van der Waals surface area contributed by atoms with Crippen LogP contribution in [-0.4, -0.2) is 12.3 Å². The first-order chi connectivity index (χ1) is 5.61. The van der Waals surface area contributed by atoms with Crippen molar-refractivity contribution < 1.29 is 0 Å². The van der Waals surface area contributed by atoms with Crippen LogP contribution in [0.25, 0.3) is 0 Å². The molecule has 0 N–H and O–H groups in total. The summed E-state index contributed by atoms with van der Waals surface area (Å²) in [7, 11) is 0. The van der Waals surface area contributed by atoms with Crippen LogP contribution in [0.4, 0.5) is 0 Å². The molecule has 0 bridgehead atoms. The molecule has 0 radical (unpaired) electrons. The third-order valence-electron chi connectivity index (χ3n) is 1.60. The summed E-state index contributed by atoms with van der Waals surface area (Å²) in [5, 5.41) is 0. The van der Waals surface area contributed by atoms with Crippen molar-refractivity contribution in [2.24, 2.45) is 4.99 Å². The van der Waals surface area contributed by atoms with Crippen LogP contribution in [0.5, 0.6) is 0 Å². The van der Waals surface area contributed by atoms with Gasteiger partial charge in [-0.25, -0.2) is 0 Å². The van der Waals surface area contributed by atoms with Crippen LogP contribution in [0.3, 0.4) is 0 Å². The minimum Gasteiger partial charge on any atom is -0.290 e. The van der Waals surface area contributed by atoms with Crippen molar-refractivity contribution in [3.05, 3.63) is 23.8 Å². The van der Waals surface area contributed by atoms with Crippen LogP contribution in [0.2, 0.25) is 0 Å². The van der Waals surface area contributed by atoms with Crippen molar-refractivity contribution in [1.82, 2.24) is 0 Å². The van der Waals surface area contributed by atoms with Gasteiger partial charge in [-0.1, -0.05) is 25.2 Å². The molecule has 68 valence electrons. The third-order valence-corrected chi connectivity index (χ3v) is 1.60. The molecule has 0 rings (SSSR count). The van der Waals surface area contributed by atoms with E-state index in [1.807, 2.05) is 6.92 Å². The molecule has 0 unspecified atom stereocenters. The van der Waals surface area contributed by atoms with E-state index in [9.17, 15) is 0 Å². The lowest BCUT2D eigenvalue weighted by atomic mass is 10.1. The van der Waals surface area contributed by atoms with Gasteiger partial charge in [-0.05, 0) is 32.8 Å². The second-order valence-electron chi connectivity index (χ2n) is 2.95. The van der Waals surface area contributed by atoms with Crippen LogP contribution < -0.4 is 0 Å². The zero-order chi connectivity index (χ0) is 9.56. The number of aliphatic imine (C=N–C) groups is 1. The highest BCUT2D eigenvalue weighted by Crippen LogP contribution is 2.05. The molecule has 1 nitrogen and oxygen atoms in total. The summed E-state index contributed by atoms with van der Waals surface area (Å²) in [5.41, 5.74) is 3.53. The average Bonchev–Trinajstić information content (AvgIpc) is 1.98. The summed E-state index contributed by atoms with van der Waals surface area (Å²) in [6.45, 7) is 13.0. The van der Waals surface area contributed by atoms with Gasteiger partial charge in [0, 0.05) is 12.3 Å². The van der Waals surface area contributed by atoms with Crippen molar-refractivity contribution in [3.63, 3.8) is 0 Å². The van der Waals surface area contributed by atoms with E-state index in [1.165, 1.54) is 11.3 Å². The molecular weight excluding hydrogens is 146 g/mol. The summed E-state index contributed by atoms with van der Waals surface area (Å²) in [6.07, 6.45) is 3.08. The molecule has 0 fully saturated rings. The van der Waals surface area contributed by atoms with Gasteiger partial charge in [0.1, 0.15) is 0 Å². The molecule has 0 atom stereocenters. The lowest BCUT2D eigenvalue weighted by molar-refractivity contribution is 1.09. The van der Waals surface area contributed by atoms with Crippen molar-refractivity contribution in [2.75, 3.05) is 6.54 Å². The number of allylic oxidation sites excluding steroid dienone is 3. The molecule has 0 saturated carbocycles. The molecule has 0 aromatic rings. The van der Waals surface area contributed by atoms with E-state index in [-0.39, 0.29) is 0 Å². The van der Waals surface area contributed by atoms with Crippen molar-refractivity contribution in [2.45, 2.75) is 34.1 Å². The largest absolute Gasteiger partial charge is 0.290 e. The first-order valence-electron chi connectivity index (χ1n) is 4.49. The molecule has 12 heavy (non-hydrogen) atoms. The van der Waals surface area contributed by atoms with Crippen molar-refractivity contribution in [1.29, 1.82) is 0 Å². The van der Waals surface area contributed by atoms with E-state index in [2.05, 4.69) is 38.4 Å². The molecule has 0 saturated heterocycles. The Morgan fingerprint density at radius 1 is 1.33 bits per heavy atom. The fourth-order valence-corrected chi connectivity index (χ4v) is 1.16. The minimum atomic E-state index is 0.866. The first kappa shape index (κ1) is 11.2. The van der Waals surface area contributed by atoms with Gasteiger partial charge in [0.05, 0.1) is 0 Å². The molecule has 0 aliphatic rings. The fraction of sp³-hybridized carbons (Fsp3) is 0.545. The number of nitrogens with zero attached hydrogens (tertiary/aromatic N) is 1. The second kappa shape index (κ2) is 5.76. The second-order valence-corrected chi connectivity index (χ2v) is 2.95. The van der Waals surface area contributed by atoms with E-state index in [1.54, 1.807) is 0 Å². The van der Waals surface area contributed by atoms with Gasteiger partial charge in [-0.2, -0.15) is 0 Å². The molecule has 0 aromatic heterocycles. The topological polar surface area (TPSA) is 12.4 Å². The van der Waals surface area contributed by atoms with E-state index in [0.29, 0.717) is 0 Å². The molecule has 0 heterocycles. The highest BCUT2D eigenvalue weighted by atomic mass is 14.7. The summed E-state index contributed by atoms with van der Waals surface area (Å²) in [5.74, 6) is 0. The van der Waals surface area contributed by atoms with E-state index >= 15 is 0 Å².